The first-order valence-electron chi connectivity index (χ1n) is 7.79. The van der Waals surface area contributed by atoms with E-state index in [9.17, 15) is 13.2 Å². The van der Waals surface area contributed by atoms with Gasteiger partial charge in [-0.3, -0.25) is 4.79 Å². The Morgan fingerprint density at radius 1 is 1.15 bits per heavy atom. The molecule has 0 fully saturated rings. The average molecular weight is 498 g/mol. The van der Waals surface area contributed by atoms with Crippen LogP contribution in [0, 0.1) is 3.77 Å². The fourth-order valence-corrected chi connectivity index (χ4v) is 3.64. The van der Waals surface area contributed by atoms with Crippen LogP contribution >= 0.6 is 22.6 Å². The normalized spacial score (nSPS) is 11.7. The minimum atomic E-state index is -3.74. The maximum Gasteiger partial charge on any atom is 0.248 e. The number of benzene rings is 1. The van der Waals surface area contributed by atoms with Gasteiger partial charge < -0.3 is 14.2 Å². The molecule has 0 unspecified atom stereocenters. The third-order valence-electron chi connectivity index (χ3n) is 3.42. The molecule has 2 N–H and O–H groups in total. The molecule has 0 aliphatic carbocycles. The van der Waals surface area contributed by atoms with E-state index in [0.29, 0.717) is 21.0 Å². The van der Waals surface area contributed by atoms with Gasteiger partial charge in [-0.05, 0) is 71.1 Å². The number of carbonyl (C=O) groups is 1. The Bertz CT molecular complexity index is 1060. The van der Waals surface area contributed by atoms with Gasteiger partial charge in [0.2, 0.25) is 15.9 Å². The number of hydrogen-bond donors (Lipinski definition) is 2. The molecule has 3 aromatic rings. The number of rotatable bonds is 7. The van der Waals surface area contributed by atoms with Crippen LogP contribution in [0.1, 0.15) is 11.5 Å². The summed E-state index contributed by atoms with van der Waals surface area (Å²) in [6, 6.07) is 12.9. The van der Waals surface area contributed by atoms with Crippen molar-refractivity contribution >= 4 is 50.3 Å². The summed E-state index contributed by atoms with van der Waals surface area (Å²) < 4.78 is 38.4. The fourth-order valence-electron chi connectivity index (χ4n) is 2.16. The molecular weight excluding hydrogens is 483 g/mol. The van der Waals surface area contributed by atoms with Crippen LogP contribution in [0.4, 0.5) is 5.69 Å². The molecule has 2 aromatic heterocycles. The summed E-state index contributed by atoms with van der Waals surface area (Å²) in [5, 5.41) is 2.62. The zero-order chi connectivity index (χ0) is 19.3. The van der Waals surface area contributed by atoms with Gasteiger partial charge in [0.1, 0.15) is 11.5 Å². The zero-order valence-electron chi connectivity index (χ0n) is 13.9. The Morgan fingerprint density at radius 2 is 2.00 bits per heavy atom. The van der Waals surface area contributed by atoms with Gasteiger partial charge in [0.05, 0.1) is 17.7 Å². The maximum absolute atomic E-state index is 12.4. The minimum Gasteiger partial charge on any atom is -0.468 e. The van der Waals surface area contributed by atoms with Crippen molar-refractivity contribution in [2.45, 2.75) is 11.4 Å². The summed E-state index contributed by atoms with van der Waals surface area (Å²) in [5.74, 6) is 0.647. The highest BCUT2D eigenvalue weighted by molar-refractivity contribution is 14.1. The van der Waals surface area contributed by atoms with Gasteiger partial charge in [0.25, 0.3) is 0 Å². The van der Waals surface area contributed by atoms with Crippen molar-refractivity contribution in [1.29, 1.82) is 0 Å². The molecule has 2 heterocycles. The van der Waals surface area contributed by atoms with Crippen molar-refractivity contribution in [3.63, 3.8) is 0 Å². The van der Waals surface area contributed by atoms with E-state index in [1.807, 2.05) is 22.6 Å². The lowest BCUT2D eigenvalue weighted by atomic mass is 10.3. The quantitative estimate of drug-likeness (QED) is 0.383. The van der Waals surface area contributed by atoms with Crippen molar-refractivity contribution in [2.75, 3.05) is 5.32 Å². The van der Waals surface area contributed by atoms with Gasteiger partial charge in [-0.25, -0.2) is 13.1 Å². The Hall–Kier alpha value is -2.37. The topological polar surface area (TPSA) is 102 Å². The third kappa shape index (κ3) is 5.55. The summed E-state index contributed by atoms with van der Waals surface area (Å²) >= 11 is 2.03. The van der Waals surface area contributed by atoms with Crippen molar-refractivity contribution in [2.24, 2.45) is 0 Å². The first kappa shape index (κ1) is 19.4. The number of carbonyl (C=O) groups excluding carboxylic acids is 1. The second kappa shape index (κ2) is 8.55. The van der Waals surface area contributed by atoms with Crippen molar-refractivity contribution < 1.29 is 22.0 Å². The first-order valence-corrected chi connectivity index (χ1v) is 10.3. The number of anilines is 1. The maximum atomic E-state index is 12.4. The van der Waals surface area contributed by atoms with Crippen LogP contribution in [0.2, 0.25) is 0 Å². The fraction of sp³-hybridized carbons (Fsp3) is 0.0556. The Morgan fingerprint density at radius 3 is 2.70 bits per heavy atom. The van der Waals surface area contributed by atoms with Gasteiger partial charge in [0.15, 0.2) is 3.77 Å². The second-order valence-electron chi connectivity index (χ2n) is 5.40. The molecule has 0 aliphatic rings. The number of hydrogen-bond acceptors (Lipinski definition) is 5. The van der Waals surface area contributed by atoms with Crippen LogP contribution in [0.15, 0.2) is 74.6 Å². The molecule has 9 heteroatoms. The molecular formula is C18H15IN2O5S. The first-order chi connectivity index (χ1) is 12.9. The highest BCUT2D eigenvalue weighted by atomic mass is 127. The molecule has 7 nitrogen and oxygen atoms in total. The van der Waals surface area contributed by atoms with Crippen molar-refractivity contribution in [3.05, 3.63) is 76.2 Å². The zero-order valence-corrected chi connectivity index (χ0v) is 16.9. The number of amides is 1. The largest absolute Gasteiger partial charge is 0.468 e. The predicted molar refractivity (Wildman–Crippen MR) is 108 cm³/mol. The van der Waals surface area contributed by atoms with Crippen LogP contribution in [0.3, 0.4) is 0 Å². The molecule has 3 rings (SSSR count). The van der Waals surface area contributed by atoms with Gasteiger partial charge in [0, 0.05) is 11.8 Å². The van der Waals surface area contributed by atoms with Crippen LogP contribution < -0.4 is 10.0 Å². The highest BCUT2D eigenvalue weighted by Crippen LogP contribution is 2.16. The highest BCUT2D eigenvalue weighted by Gasteiger charge is 2.15. The van der Waals surface area contributed by atoms with Crippen LogP contribution in [0.25, 0.3) is 6.08 Å². The van der Waals surface area contributed by atoms with Crippen molar-refractivity contribution in [3.8, 4) is 0 Å². The molecule has 27 heavy (non-hydrogen) atoms. The molecule has 0 atom stereocenters. The molecule has 0 radical (unpaired) electrons. The van der Waals surface area contributed by atoms with Gasteiger partial charge in [-0.1, -0.05) is 6.07 Å². The number of sulfonamides is 1. The summed E-state index contributed by atoms with van der Waals surface area (Å²) in [6.45, 7) is 0.0383. The molecule has 0 aliphatic heterocycles. The second-order valence-corrected chi connectivity index (χ2v) is 8.23. The summed E-state index contributed by atoms with van der Waals surface area (Å²) in [4.78, 5) is 12.1. The molecule has 0 bridgehead atoms. The van der Waals surface area contributed by atoms with Crippen molar-refractivity contribution in [1.82, 2.24) is 4.72 Å². The van der Waals surface area contributed by atoms with E-state index in [4.69, 9.17) is 8.83 Å². The molecule has 0 saturated carbocycles. The van der Waals surface area contributed by atoms with Crippen LogP contribution in [-0.4, -0.2) is 14.3 Å². The van der Waals surface area contributed by atoms with Crippen LogP contribution in [0.5, 0.6) is 0 Å². The molecule has 1 aromatic carbocycles. The Balaban J connectivity index is 1.65. The predicted octanol–water partition coefficient (Wildman–Crippen LogP) is 3.61. The van der Waals surface area contributed by atoms with E-state index in [1.54, 1.807) is 36.4 Å². The monoisotopic (exact) mass is 498 g/mol. The minimum absolute atomic E-state index is 0.0383. The van der Waals surface area contributed by atoms with Gasteiger partial charge in [-0.15, -0.1) is 0 Å². The molecule has 1 amide bonds. The Kier molecular flexibility index (Phi) is 6.14. The lowest BCUT2D eigenvalue weighted by Crippen LogP contribution is -2.23. The lowest BCUT2D eigenvalue weighted by Gasteiger charge is -2.08. The standard InChI is InChI=1S/C18H15IN2O5S/c19-17-8-6-14(26-17)7-9-18(22)21-13-3-1-5-16(11-13)27(23,24)20-12-15-4-2-10-25-15/h1-11,20H,12H2,(H,21,22)/b9-7+. The lowest BCUT2D eigenvalue weighted by molar-refractivity contribution is -0.111. The van der Waals surface area contributed by atoms with E-state index in [2.05, 4.69) is 10.0 Å². The Labute approximate surface area is 169 Å². The number of halogens is 1. The summed E-state index contributed by atoms with van der Waals surface area (Å²) in [7, 11) is -3.74. The van der Waals surface area contributed by atoms with E-state index in [1.165, 1.54) is 30.5 Å². The SMILES string of the molecule is O=C(/C=C/c1ccc(I)o1)Nc1cccc(S(=O)(=O)NCc2ccco2)c1. The summed E-state index contributed by atoms with van der Waals surface area (Å²) in [6.07, 6.45) is 4.31. The van der Waals surface area contributed by atoms with Crippen LogP contribution in [-0.2, 0) is 21.4 Å². The molecule has 0 spiro atoms. The summed E-state index contributed by atoms with van der Waals surface area (Å²) in [5.41, 5.74) is 0.361. The third-order valence-corrected chi connectivity index (χ3v) is 5.40. The smallest absolute Gasteiger partial charge is 0.248 e. The van der Waals surface area contributed by atoms with Gasteiger partial charge >= 0.3 is 0 Å². The molecule has 0 saturated heterocycles. The van der Waals surface area contributed by atoms with Gasteiger partial charge in [-0.2, -0.15) is 0 Å². The van der Waals surface area contributed by atoms with E-state index in [-0.39, 0.29) is 11.4 Å². The van der Waals surface area contributed by atoms with E-state index in [0.717, 1.165) is 0 Å². The average Bonchev–Trinajstić information content (AvgIpc) is 3.30. The molecule has 140 valence electrons. The number of furan rings is 2. The van der Waals surface area contributed by atoms with E-state index < -0.39 is 15.9 Å². The number of nitrogens with one attached hydrogen (secondary N) is 2. The van der Waals surface area contributed by atoms with E-state index >= 15 is 0 Å².